The number of aromatic nitrogens is 3. The molecule has 1 saturated heterocycles. The zero-order valence-electron chi connectivity index (χ0n) is 19.5. The van der Waals surface area contributed by atoms with Crippen LogP contribution in [0.2, 0.25) is 0 Å². The van der Waals surface area contributed by atoms with Crippen molar-refractivity contribution in [3.05, 3.63) is 36.0 Å². The quantitative estimate of drug-likeness (QED) is 0.740. The third kappa shape index (κ3) is 5.61. The molecule has 1 N–H and O–H groups in total. The zero-order chi connectivity index (χ0) is 22.5. The van der Waals surface area contributed by atoms with Crippen molar-refractivity contribution in [2.45, 2.75) is 44.7 Å². The van der Waals surface area contributed by atoms with E-state index in [9.17, 15) is 4.79 Å². The minimum absolute atomic E-state index is 0.145. The summed E-state index contributed by atoms with van der Waals surface area (Å²) in [7, 11) is 4.28. The van der Waals surface area contributed by atoms with E-state index in [1.54, 1.807) is 6.20 Å². The van der Waals surface area contributed by atoms with Gasteiger partial charge in [-0.3, -0.25) is 9.69 Å². The van der Waals surface area contributed by atoms with Crippen LogP contribution < -0.4 is 10.2 Å². The molecule has 2 aromatic rings. The summed E-state index contributed by atoms with van der Waals surface area (Å²) < 4.78 is 0. The topological polar surface area (TPSA) is 77.5 Å². The molecule has 0 atom stereocenters. The van der Waals surface area contributed by atoms with Crippen molar-refractivity contribution >= 4 is 11.9 Å². The molecule has 1 aliphatic carbocycles. The van der Waals surface area contributed by atoms with Crippen LogP contribution in [0.25, 0.3) is 11.3 Å². The Labute approximate surface area is 191 Å². The van der Waals surface area contributed by atoms with Gasteiger partial charge in [0.25, 0.3) is 0 Å². The van der Waals surface area contributed by atoms with Crippen LogP contribution in [-0.2, 0) is 4.79 Å². The van der Waals surface area contributed by atoms with E-state index in [1.807, 2.05) is 12.1 Å². The second kappa shape index (κ2) is 10.4. The van der Waals surface area contributed by atoms with E-state index in [2.05, 4.69) is 63.4 Å². The molecular weight excluding hydrogens is 402 g/mol. The molecule has 4 rings (SSSR count). The highest BCUT2D eigenvalue weighted by molar-refractivity contribution is 5.78. The molecule has 1 amide bonds. The molecule has 1 aliphatic heterocycles. The molecule has 2 aliphatic rings. The van der Waals surface area contributed by atoms with Crippen molar-refractivity contribution in [3.8, 4) is 11.3 Å². The summed E-state index contributed by atoms with van der Waals surface area (Å²) in [5, 5.41) is 11.7. The van der Waals surface area contributed by atoms with Crippen LogP contribution in [0, 0.1) is 6.92 Å². The zero-order valence-corrected chi connectivity index (χ0v) is 19.5. The lowest BCUT2D eigenvalue weighted by Crippen LogP contribution is -2.51. The molecule has 2 heterocycles. The Kier molecular flexibility index (Phi) is 7.32. The SMILES string of the molecule is Cc1ccccc1-c1cnnc(N2CCN(CC(=O)NC3CCC(N(C)C)CC3)CC2)n1. The maximum Gasteiger partial charge on any atom is 0.245 e. The van der Waals surface area contributed by atoms with Gasteiger partial charge in [0.1, 0.15) is 0 Å². The number of carbonyl (C=O) groups is 1. The van der Waals surface area contributed by atoms with Gasteiger partial charge in [-0.1, -0.05) is 24.3 Å². The summed E-state index contributed by atoms with van der Waals surface area (Å²) in [5.74, 6) is 0.804. The van der Waals surface area contributed by atoms with E-state index in [0.717, 1.165) is 63.1 Å². The molecular formula is C24H35N7O. The van der Waals surface area contributed by atoms with Gasteiger partial charge in [-0.15, -0.1) is 5.10 Å². The van der Waals surface area contributed by atoms with Crippen LogP contribution in [0.4, 0.5) is 5.95 Å². The van der Waals surface area contributed by atoms with Gasteiger partial charge in [0.05, 0.1) is 18.4 Å². The van der Waals surface area contributed by atoms with Crippen LogP contribution in [0.5, 0.6) is 0 Å². The molecule has 8 nitrogen and oxygen atoms in total. The maximum atomic E-state index is 12.6. The Balaban J connectivity index is 1.25. The number of carbonyl (C=O) groups excluding carboxylic acids is 1. The average molecular weight is 438 g/mol. The van der Waals surface area contributed by atoms with Crippen LogP contribution in [0.3, 0.4) is 0 Å². The minimum Gasteiger partial charge on any atom is -0.352 e. The summed E-state index contributed by atoms with van der Waals surface area (Å²) in [6.45, 7) is 5.76. The monoisotopic (exact) mass is 437 g/mol. The number of anilines is 1. The van der Waals surface area contributed by atoms with E-state index >= 15 is 0 Å². The Morgan fingerprint density at radius 2 is 1.81 bits per heavy atom. The van der Waals surface area contributed by atoms with Crippen LogP contribution in [-0.4, -0.2) is 89.8 Å². The van der Waals surface area contributed by atoms with Gasteiger partial charge in [-0.2, -0.15) is 5.10 Å². The van der Waals surface area contributed by atoms with Gasteiger partial charge in [-0.05, 0) is 52.3 Å². The number of hydrogen-bond acceptors (Lipinski definition) is 7. The number of hydrogen-bond donors (Lipinski definition) is 1. The highest BCUT2D eigenvalue weighted by Gasteiger charge is 2.25. The van der Waals surface area contributed by atoms with Crippen LogP contribution in [0.15, 0.2) is 30.5 Å². The second-order valence-electron chi connectivity index (χ2n) is 9.26. The summed E-state index contributed by atoms with van der Waals surface area (Å²) >= 11 is 0. The molecule has 1 saturated carbocycles. The molecule has 1 aromatic heterocycles. The van der Waals surface area contributed by atoms with Crippen molar-refractivity contribution in [1.29, 1.82) is 0 Å². The molecule has 8 heteroatoms. The number of amides is 1. The Morgan fingerprint density at radius 1 is 1.09 bits per heavy atom. The third-order valence-corrected chi connectivity index (χ3v) is 6.78. The largest absolute Gasteiger partial charge is 0.352 e. The molecule has 0 radical (unpaired) electrons. The van der Waals surface area contributed by atoms with Crippen molar-refractivity contribution in [3.63, 3.8) is 0 Å². The van der Waals surface area contributed by atoms with Crippen molar-refractivity contribution < 1.29 is 4.79 Å². The van der Waals surface area contributed by atoms with Gasteiger partial charge in [0, 0.05) is 43.8 Å². The summed E-state index contributed by atoms with van der Waals surface area (Å²) in [4.78, 5) is 24.0. The van der Waals surface area contributed by atoms with Gasteiger partial charge >= 0.3 is 0 Å². The summed E-state index contributed by atoms with van der Waals surface area (Å²) in [6.07, 6.45) is 6.19. The van der Waals surface area contributed by atoms with Gasteiger partial charge in [0.15, 0.2) is 0 Å². The number of rotatable bonds is 6. The Bertz CT molecular complexity index is 903. The molecule has 0 bridgehead atoms. The van der Waals surface area contributed by atoms with Crippen LogP contribution >= 0.6 is 0 Å². The lowest BCUT2D eigenvalue weighted by Gasteiger charge is -2.35. The van der Waals surface area contributed by atoms with Crippen molar-refractivity contribution in [2.24, 2.45) is 0 Å². The molecule has 172 valence electrons. The fourth-order valence-corrected chi connectivity index (χ4v) is 4.74. The van der Waals surface area contributed by atoms with Gasteiger partial charge < -0.3 is 15.1 Å². The summed E-state index contributed by atoms with van der Waals surface area (Å²) in [5.41, 5.74) is 3.10. The lowest BCUT2D eigenvalue weighted by atomic mass is 9.90. The van der Waals surface area contributed by atoms with E-state index in [-0.39, 0.29) is 5.91 Å². The van der Waals surface area contributed by atoms with Crippen LogP contribution in [0.1, 0.15) is 31.2 Å². The van der Waals surface area contributed by atoms with Crippen molar-refractivity contribution in [1.82, 2.24) is 30.3 Å². The van der Waals surface area contributed by atoms with E-state index in [1.165, 1.54) is 5.56 Å². The molecule has 0 spiro atoms. The Hall–Kier alpha value is -2.58. The highest BCUT2D eigenvalue weighted by Crippen LogP contribution is 2.23. The lowest BCUT2D eigenvalue weighted by molar-refractivity contribution is -0.123. The predicted octanol–water partition coefficient (Wildman–Crippen LogP) is 1.96. The molecule has 2 fully saturated rings. The minimum atomic E-state index is 0.145. The third-order valence-electron chi connectivity index (χ3n) is 6.78. The van der Waals surface area contributed by atoms with Crippen molar-refractivity contribution in [2.75, 3.05) is 51.7 Å². The fraction of sp³-hybridized carbons (Fsp3) is 0.583. The molecule has 0 unspecified atom stereocenters. The van der Waals surface area contributed by atoms with E-state index in [4.69, 9.17) is 4.98 Å². The first kappa shape index (κ1) is 22.6. The standard InChI is InChI=1S/C24H35N7O/c1-18-6-4-5-7-21(18)22-16-25-28-24(27-22)31-14-12-30(13-15-31)17-23(32)26-19-8-10-20(11-9-19)29(2)3/h4-7,16,19-20H,8-15,17H2,1-3H3,(H,26,32). The number of nitrogens with zero attached hydrogens (tertiary/aromatic N) is 6. The number of piperazine rings is 1. The number of aryl methyl sites for hydroxylation is 1. The average Bonchev–Trinajstić information content (AvgIpc) is 2.80. The van der Waals surface area contributed by atoms with E-state index in [0.29, 0.717) is 24.6 Å². The second-order valence-corrected chi connectivity index (χ2v) is 9.26. The smallest absolute Gasteiger partial charge is 0.245 e. The summed E-state index contributed by atoms with van der Waals surface area (Å²) in [6, 6.07) is 9.16. The predicted molar refractivity (Wildman–Crippen MR) is 127 cm³/mol. The first-order valence-corrected chi connectivity index (χ1v) is 11.7. The fourth-order valence-electron chi connectivity index (χ4n) is 4.74. The maximum absolute atomic E-state index is 12.6. The normalized spacial score (nSPS) is 22.2. The molecule has 32 heavy (non-hydrogen) atoms. The van der Waals surface area contributed by atoms with E-state index < -0.39 is 0 Å². The first-order valence-electron chi connectivity index (χ1n) is 11.7. The Morgan fingerprint density at radius 3 is 2.50 bits per heavy atom. The van der Waals surface area contributed by atoms with Gasteiger partial charge in [-0.25, -0.2) is 4.98 Å². The number of nitrogens with one attached hydrogen (secondary N) is 1. The van der Waals surface area contributed by atoms with Gasteiger partial charge in [0.2, 0.25) is 11.9 Å². The first-order chi connectivity index (χ1) is 15.5. The highest BCUT2D eigenvalue weighted by atomic mass is 16.2. The number of benzene rings is 1. The molecule has 1 aromatic carbocycles.